The normalized spacial score (nSPS) is 16.9. The summed E-state index contributed by atoms with van der Waals surface area (Å²) in [4.78, 5) is 22.3. The largest absolute Gasteiger partial charge is 0.490 e. The van der Waals surface area contributed by atoms with E-state index in [4.69, 9.17) is 21.9 Å². The molecule has 8 nitrogen and oxygen atoms in total. The Balaban J connectivity index is 2.44. The molecule has 0 bridgehead atoms. The molecule has 1 heterocycles. The van der Waals surface area contributed by atoms with Crippen LogP contribution in [0.3, 0.4) is 0 Å². The third-order valence-electron chi connectivity index (χ3n) is 3.58. The van der Waals surface area contributed by atoms with E-state index in [0.29, 0.717) is 18.0 Å². The van der Waals surface area contributed by atoms with Crippen molar-refractivity contribution < 1.29 is 9.53 Å². The molecule has 1 aromatic rings. The van der Waals surface area contributed by atoms with Crippen molar-refractivity contribution >= 4 is 29.2 Å². The van der Waals surface area contributed by atoms with Gasteiger partial charge in [-0.25, -0.2) is 4.99 Å². The highest BCUT2D eigenvalue weighted by atomic mass is 16.5. The smallest absolute Gasteiger partial charge is 0.236 e. The molecule has 0 spiro atoms. The van der Waals surface area contributed by atoms with Crippen molar-refractivity contribution in [1.29, 1.82) is 0 Å². The van der Waals surface area contributed by atoms with Crippen LogP contribution in [0.15, 0.2) is 28.2 Å². The van der Waals surface area contributed by atoms with Crippen molar-refractivity contribution in [2.45, 2.75) is 27.2 Å². The van der Waals surface area contributed by atoms with E-state index in [9.17, 15) is 4.79 Å². The van der Waals surface area contributed by atoms with Gasteiger partial charge in [-0.2, -0.15) is 4.99 Å². The van der Waals surface area contributed by atoms with E-state index >= 15 is 0 Å². The van der Waals surface area contributed by atoms with Crippen LogP contribution in [0.1, 0.15) is 27.2 Å². The van der Waals surface area contributed by atoms with Crippen LogP contribution in [0.2, 0.25) is 0 Å². The highest BCUT2D eigenvalue weighted by Crippen LogP contribution is 2.38. The van der Waals surface area contributed by atoms with Crippen LogP contribution in [0.25, 0.3) is 0 Å². The number of fused-ring (bicyclic) bond motifs is 1. The summed E-state index contributed by atoms with van der Waals surface area (Å²) in [7, 11) is 0. The molecule has 0 fully saturated rings. The second kappa shape index (κ2) is 6.77. The summed E-state index contributed by atoms with van der Waals surface area (Å²) in [6, 6.07) is 5.26. The van der Waals surface area contributed by atoms with Gasteiger partial charge in [0.2, 0.25) is 11.9 Å². The highest BCUT2D eigenvalue weighted by molar-refractivity contribution is 5.99. The molecular weight excluding hydrogens is 308 g/mol. The lowest BCUT2D eigenvalue weighted by molar-refractivity contribution is -0.127. The van der Waals surface area contributed by atoms with Crippen LogP contribution in [0.5, 0.6) is 5.75 Å². The standard InChI is InChI=1S/C16H24N6O2/c1-4-7-22-11-6-5-10(20-15(19)21-14(17)18)8-12(11)24-9-16(2,3)13(22)23/h5-6,8H,4,7,9H2,1-3H3,(H6,17,18,19,20,21). The first-order valence-electron chi connectivity index (χ1n) is 7.77. The fourth-order valence-corrected chi connectivity index (χ4v) is 2.44. The molecule has 0 aliphatic carbocycles. The zero-order valence-corrected chi connectivity index (χ0v) is 14.2. The quantitative estimate of drug-likeness (QED) is 0.562. The van der Waals surface area contributed by atoms with Crippen molar-refractivity contribution in [2.24, 2.45) is 32.6 Å². The Morgan fingerprint density at radius 2 is 2.04 bits per heavy atom. The number of aliphatic imine (C=N–C) groups is 2. The lowest BCUT2D eigenvalue weighted by atomic mass is 9.93. The number of ether oxygens (including phenoxy) is 1. The minimum Gasteiger partial charge on any atom is -0.490 e. The summed E-state index contributed by atoms with van der Waals surface area (Å²) in [5, 5.41) is 0. The first-order valence-corrected chi connectivity index (χ1v) is 7.77. The molecule has 0 atom stereocenters. The topological polar surface area (TPSA) is 132 Å². The Bertz CT molecular complexity index is 692. The fourth-order valence-electron chi connectivity index (χ4n) is 2.44. The van der Waals surface area contributed by atoms with Gasteiger partial charge in [0.15, 0.2) is 5.96 Å². The number of carbonyl (C=O) groups is 1. The van der Waals surface area contributed by atoms with Crippen LogP contribution < -0.4 is 26.8 Å². The molecule has 2 rings (SSSR count). The Kier molecular flexibility index (Phi) is 4.96. The third kappa shape index (κ3) is 3.76. The lowest BCUT2D eigenvalue weighted by Crippen LogP contribution is -2.42. The maximum absolute atomic E-state index is 12.8. The van der Waals surface area contributed by atoms with Crippen LogP contribution >= 0.6 is 0 Å². The van der Waals surface area contributed by atoms with Crippen molar-refractivity contribution in [3.63, 3.8) is 0 Å². The van der Waals surface area contributed by atoms with Gasteiger partial charge in [0.05, 0.1) is 16.8 Å². The molecule has 1 aliphatic heterocycles. The summed E-state index contributed by atoms with van der Waals surface area (Å²) >= 11 is 0. The Morgan fingerprint density at radius 3 is 2.67 bits per heavy atom. The van der Waals surface area contributed by atoms with E-state index < -0.39 is 5.41 Å². The molecule has 130 valence electrons. The van der Waals surface area contributed by atoms with E-state index in [1.165, 1.54) is 0 Å². The number of hydrogen-bond donors (Lipinski definition) is 3. The van der Waals surface area contributed by atoms with Crippen molar-refractivity contribution in [3.8, 4) is 5.75 Å². The molecule has 6 N–H and O–H groups in total. The average Bonchev–Trinajstić information content (AvgIpc) is 2.57. The number of benzene rings is 1. The minimum absolute atomic E-state index is 0.0411. The zero-order chi connectivity index (χ0) is 17.9. The zero-order valence-electron chi connectivity index (χ0n) is 14.2. The third-order valence-corrected chi connectivity index (χ3v) is 3.58. The molecule has 24 heavy (non-hydrogen) atoms. The molecule has 0 saturated carbocycles. The van der Waals surface area contributed by atoms with Gasteiger partial charge in [-0.3, -0.25) is 4.79 Å². The Labute approximate surface area is 141 Å². The second-order valence-corrected chi connectivity index (χ2v) is 6.29. The van der Waals surface area contributed by atoms with Gasteiger partial charge in [0, 0.05) is 12.6 Å². The summed E-state index contributed by atoms with van der Waals surface area (Å²) in [5.74, 6) is 0.412. The molecule has 0 aromatic heterocycles. The van der Waals surface area contributed by atoms with Gasteiger partial charge in [0.1, 0.15) is 12.4 Å². The molecular formula is C16H24N6O2. The van der Waals surface area contributed by atoms with Gasteiger partial charge in [0.25, 0.3) is 0 Å². The van der Waals surface area contributed by atoms with E-state index in [2.05, 4.69) is 9.98 Å². The van der Waals surface area contributed by atoms with Crippen LogP contribution in [-0.2, 0) is 4.79 Å². The molecule has 0 unspecified atom stereocenters. The molecule has 1 aliphatic rings. The van der Waals surface area contributed by atoms with E-state index in [1.54, 1.807) is 23.1 Å². The monoisotopic (exact) mass is 332 g/mol. The Morgan fingerprint density at radius 1 is 1.33 bits per heavy atom. The summed E-state index contributed by atoms with van der Waals surface area (Å²) in [5.41, 5.74) is 16.9. The molecule has 8 heteroatoms. The summed E-state index contributed by atoms with van der Waals surface area (Å²) < 4.78 is 5.86. The van der Waals surface area contributed by atoms with Gasteiger partial charge in [-0.1, -0.05) is 6.92 Å². The van der Waals surface area contributed by atoms with Crippen molar-refractivity contribution in [2.75, 3.05) is 18.1 Å². The van der Waals surface area contributed by atoms with E-state index in [-0.39, 0.29) is 24.4 Å². The maximum atomic E-state index is 12.8. The van der Waals surface area contributed by atoms with Gasteiger partial charge in [-0.15, -0.1) is 0 Å². The van der Waals surface area contributed by atoms with E-state index in [1.807, 2.05) is 20.8 Å². The van der Waals surface area contributed by atoms with Crippen LogP contribution in [0, 0.1) is 5.41 Å². The number of carbonyl (C=O) groups excluding carboxylic acids is 1. The second-order valence-electron chi connectivity index (χ2n) is 6.29. The first kappa shape index (κ1) is 17.6. The molecule has 1 amide bonds. The number of amides is 1. The first-order chi connectivity index (χ1) is 11.2. The lowest BCUT2D eigenvalue weighted by Gasteiger charge is -2.27. The van der Waals surface area contributed by atoms with E-state index in [0.717, 1.165) is 12.1 Å². The SMILES string of the molecule is CCCN1C(=O)C(C)(C)COc2cc(N=C(N)N=C(N)N)ccc21. The van der Waals surface area contributed by atoms with Crippen molar-refractivity contribution in [1.82, 2.24) is 0 Å². The fraction of sp³-hybridized carbons (Fsp3) is 0.438. The minimum atomic E-state index is -0.602. The number of rotatable bonds is 3. The number of nitrogens with two attached hydrogens (primary N) is 3. The average molecular weight is 332 g/mol. The molecule has 0 radical (unpaired) electrons. The maximum Gasteiger partial charge on any atom is 0.236 e. The number of hydrogen-bond acceptors (Lipinski definition) is 3. The van der Waals surface area contributed by atoms with Crippen LogP contribution in [0.4, 0.5) is 11.4 Å². The Hall–Kier alpha value is -2.77. The molecule has 0 saturated heterocycles. The van der Waals surface area contributed by atoms with Crippen LogP contribution in [-0.4, -0.2) is 31.0 Å². The number of anilines is 1. The van der Waals surface area contributed by atoms with Crippen molar-refractivity contribution in [3.05, 3.63) is 18.2 Å². The molecule has 1 aromatic carbocycles. The predicted molar refractivity (Wildman–Crippen MR) is 95.5 cm³/mol. The summed E-state index contributed by atoms with van der Waals surface area (Å²) in [6.45, 7) is 6.69. The van der Waals surface area contributed by atoms with Gasteiger partial charge in [-0.05, 0) is 32.4 Å². The number of guanidine groups is 2. The van der Waals surface area contributed by atoms with Gasteiger partial charge < -0.3 is 26.8 Å². The predicted octanol–water partition coefficient (Wildman–Crippen LogP) is 1.07. The summed E-state index contributed by atoms with van der Waals surface area (Å²) in [6.07, 6.45) is 0.846. The van der Waals surface area contributed by atoms with Gasteiger partial charge >= 0.3 is 0 Å². The number of nitrogens with zero attached hydrogens (tertiary/aromatic N) is 3. The highest BCUT2D eigenvalue weighted by Gasteiger charge is 2.37.